The molecule has 1 N–H and O–H groups in total. The minimum atomic E-state index is 0.546. The molecule has 0 unspecified atom stereocenters. The highest BCUT2D eigenvalue weighted by molar-refractivity contribution is 5.14. The third kappa shape index (κ3) is 4.12. The van der Waals surface area contributed by atoms with Crippen LogP contribution in [0.1, 0.15) is 30.1 Å². The lowest BCUT2D eigenvalue weighted by Gasteiger charge is -2.32. The van der Waals surface area contributed by atoms with Gasteiger partial charge in [0.05, 0.1) is 6.54 Å². The van der Waals surface area contributed by atoms with Crippen molar-refractivity contribution >= 4 is 0 Å². The molecule has 3 rings (SSSR count). The summed E-state index contributed by atoms with van der Waals surface area (Å²) in [5.41, 5.74) is 1.39. The van der Waals surface area contributed by atoms with E-state index in [-0.39, 0.29) is 0 Å². The first-order valence-electron chi connectivity index (χ1n) is 7.58. The summed E-state index contributed by atoms with van der Waals surface area (Å²) in [4.78, 5) is 6.73. The summed E-state index contributed by atoms with van der Waals surface area (Å²) >= 11 is 0. The van der Waals surface area contributed by atoms with Gasteiger partial charge in [-0.1, -0.05) is 35.5 Å². The number of benzene rings is 1. The average molecular weight is 286 g/mol. The zero-order valence-corrected chi connectivity index (χ0v) is 12.5. The van der Waals surface area contributed by atoms with E-state index in [2.05, 4.69) is 50.7 Å². The smallest absolute Gasteiger partial charge is 0.240 e. The van der Waals surface area contributed by atoms with Crippen molar-refractivity contribution < 1.29 is 4.52 Å². The largest absolute Gasteiger partial charge is 0.338 e. The maximum Gasteiger partial charge on any atom is 0.240 e. The lowest BCUT2D eigenvalue weighted by atomic mass is 10.0. The molecule has 1 aliphatic rings. The van der Waals surface area contributed by atoms with E-state index in [1.165, 1.54) is 18.4 Å². The van der Waals surface area contributed by atoms with E-state index in [1.54, 1.807) is 0 Å². The van der Waals surface area contributed by atoms with E-state index in [0.29, 0.717) is 24.3 Å². The Morgan fingerprint density at radius 3 is 2.67 bits per heavy atom. The fraction of sp³-hybridized carbons (Fsp3) is 0.500. The molecule has 0 bridgehead atoms. The lowest BCUT2D eigenvalue weighted by molar-refractivity contribution is 0.187. The molecule has 0 atom stereocenters. The zero-order chi connectivity index (χ0) is 14.5. The van der Waals surface area contributed by atoms with Crippen LogP contribution in [-0.2, 0) is 13.1 Å². The number of hydrogen-bond acceptors (Lipinski definition) is 5. The van der Waals surface area contributed by atoms with Gasteiger partial charge in [-0.3, -0.25) is 4.90 Å². The number of piperidine rings is 1. The summed E-state index contributed by atoms with van der Waals surface area (Å²) in [6, 6.07) is 11.2. The quantitative estimate of drug-likeness (QED) is 0.912. The van der Waals surface area contributed by atoms with Crippen LogP contribution in [0.25, 0.3) is 0 Å². The van der Waals surface area contributed by atoms with Crippen LogP contribution in [0.2, 0.25) is 0 Å². The number of nitrogens with one attached hydrogen (secondary N) is 1. The molecule has 1 saturated heterocycles. The number of aryl methyl sites for hydroxylation is 1. The number of hydrogen-bond donors (Lipinski definition) is 1. The Morgan fingerprint density at radius 2 is 2.00 bits per heavy atom. The number of aromatic nitrogens is 2. The van der Waals surface area contributed by atoms with E-state index < -0.39 is 0 Å². The topological polar surface area (TPSA) is 54.2 Å². The molecule has 21 heavy (non-hydrogen) atoms. The van der Waals surface area contributed by atoms with Gasteiger partial charge in [0.1, 0.15) is 0 Å². The zero-order valence-electron chi connectivity index (χ0n) is 12.5. The monoisotopic (exact) mass is 286 g/mol. The fourth-order valence-electron chi connectivity index (χ4n) is 2.78. The van der Waals surface area contributed by atoms with Crippen molar-refractivity contribution in [2.75, 3.05) is 13.1 Å². The van der Waals surface area contributed by atoms with Crippen molar-refractivity contribution in [3.05, 3.63) is 47.6 Å². The van der Waals surface area contributed by atoms with Crippen molar-refractivity contribution in [2.24, 2.45) is 0 Å². The summed E-state index contributed by atoms with van der Waals surface area (Å²) in [5, 5.41) is 7.32. The van der Waals surface area contributed by atoms with Crippen molar-refractivity contribution in [2.45, 2.75) is 38.9 Å². The summed E-state index contributed by atoms with van der Waals surface area (Å²) in [6.07, 6.45) is 2.33. The highest BCUT2D eigenvalue weighted by atomic mass is 16.5. The predicted molar refractivity (Wildman–Crippen MR) is 80.6 cm³/mol. The van der Waals surface area contributed by atoms with Gasteiger partial charge in [0.25, 0.3) is 0 Å². The lowest BCUT2D eigenvalue weighted by Crippen LogP contribution is -2.41. The molecule has 5 nitrogen and oxygen atoms in total. The van der Waals surface area contributed by atoms with E-state index in [4.69, 9.17) is 4.52 Å². The van der Waals surface area contributed by atoms with Crippen LogP contribution in [0, 0.1) is 6.92 Å². The van der Waals surface area contributed by atoms with Gasteiger partial charge in [0.15, 0.2) is 5.82 Å². The summed E-state index contributed by atoms with van der Waals surface area (Å²) in [5.74, 6) is 1.38. The Hall–Kier alpha value is -1.72. The maximum atomic E-state index is 5.12. The molecule has 0 radical (unpaired) electrons. The van der Waals surface area contributed by atoms with E-state index in [9.17, 15) is 0 Å². The van der Waals surface area contributed by atoms with Gasteiger partial charge >= 0.3 is 0 Å². The Morgan fingerprint density at radius 1 is 1.24 bits per heavy atom. The summed E-state index contributed by atoms with van der Waals surface area (Å²) in [7, 11) is 0. The molecule has 5 heteroatoms. The van der Waals surface area contributed by atoms with Crippen LogP contribution in [0.4, 0.5) is 0 Å². The number of nitrogens with zero attached hydrogens (tertiary/aromatic N) is 3. The Bertz CT molecular complexity index is 546. The van der Waals surface area contributed by atoms with Gasteiger partial charge in [-0.25, -0.2) is 0 Å². The van der Waals surface area contributed by atoms with Gasteiger partial charge in [0, 0.05) is 12.6 Å². The van der Waals surface area contributed by atoms with Gasteiger partial charge < -0.3 is 9.84 Å². The van der Waals surface area contributed by atoms with Gasteiger partial charge in [0.2, 0.25) is 5.89 Å². The first-order chi connectivity index (χ1) is 10.3. The first kappa shape index (κ1) is 14.2. The molecule has 0 aliphatic carbocycles. The Kier molecular flexibility index (Phi) is 4.62. The van der Waals surface area contributed by atoms with Gasteiger partial charge in [-0.05, 0) is 38.4 Å². The third-order valence-electron chi connectivity index (χ3n) is 3.95. The van der Waals surface area contributed by atoms with E-state index in [1.807, 2.05) is 6.92 Å². The SMILES string of the molecule is Cc1noc(CNC2CCN(Cc3ccccc3)CC2)n1. The Labute approximate surface area is 125 Å². The van der Waals surface area contributed by atoms with Crippen LogP contribution in [-0.4, -0.2) is 34.2 Å². The van der Waals surface area contributed by atoms with Crippen LogP contribution in [0.15, 0.2) is 34.9 Å². The van der Waals surface area contributed by atoms with Crippen LogP contribution in [0.3, 0.4) is 0 Å². The molecule has 1 aliphatic heterocycles. The maximum absolute atomic E-state index is 5.12. The minimum absolute atomic E-state index is 0.546. The van der Waals surface area contributed by atoms with Crippen molar-refractivity contribution in [1.29, 1.82) is 0 Å². The Balaban J connectivity index is 1.40. The normalized spacial score (nSPS) is 17.2. The second kappa shape index (κ2) is 6.83. The van der Waals surface area contributed by atoms with Gasteiger partial charge in [-0.2, -0.15) is 4.98 Å². The predicted octanol–water partition coefficient (Wildman–Crippen LogP) is 2.13. The fourth-order valence-corrected chi connectivity index (χ4v) is 2.78. The second-order valence-corrected chi connectivity index (χ2v) is 5.65. The van der Waals surface area contributed by atoms with Crippen LogP contribution < -0.4 is 5.32 Å². The molecular formula is C16H22N4O. The molecule has 2 aromatic rings. The molecule has 0 amide bonds. The van der Waals surface area contributed by atoms with Crippen molar-refractivity contribution in [3.8, 4) is 0 Å². The molecule has 1 aromatic heterocycles. The van der Waals surface area contributed by atoms with Crippen LogP contribution in [0.5, 0.6) is 0 Å². The molecule has 0 spiro atoms. The highest BCUT2D eigenvalue weighted by Crippen LogP contribution is 2.14. The minimum Gasteiger partial charge on any atom is -0.338 e. The standard InChI is InChI=1S/C16H22N4O/c1-13-18-16(21-19-13)11-17-15-7-9-20(10-8-15)12-14-5-3-2-4-6-14/h2-6,15,17H,7-12H2,1H3. The molecular weight excluding hydrogens is 264 g/mol. The van der Waals surface area contributed by atoms with Crippen molar-refractivity contribution in [3.63, 3.8) is 0 Å². The summed E-state index contributed by atoms with van der Waals surface area (Å²) < 4.78 is 5.12. The average Bonchev–Trinajstić information content (AvgIpc) is 2.93. The van der Waals surface area contributed by atoms with Crippen LogP contribution >= 0.6 is 0 Å². The highest BCUT2D eigenvalue weighted by Gasteiger charge is 2.19. The summed E-state index contributed by atoms with van der Waals surface area (Å²) in [6.45, 7) is 5.83. The van der Waals surface area contributed by atoms with E-state index in [0.717, 1.165) is 19.6 Å². The molecule has 2 heterocycles. The second-order valence-electron chi connectivity index (χ2n) is 5.65. The molecule has 1 fully saturated rings. The number of rotatable bonds is 5. The third-order valence-corrected chi connectivity index (χ3v) is 3.95. The number of likely N-dealkylation sites (tertiary alicyclic amines) is 1. The molecule has 0 saturated carbocycles. The molecule has 112 valence electrons. The molecule has 1 aromatic carbocycles. The first-order valence-corrected chi connectivity index (χ1v) is 7.58. The van der Waals surface area contributed by atoms with E-state index >= 15 is 0 Å². The van der Waals surface area contributed by atoms with Crippen molar-refractivity contribution in [1.82, 2.24) is 20.4 Å². The van der Waals surface area contributed by atoms with Gasteiger partial charge in [-0.15, -0.1) is 0 Å².